The summed E-state index contributed by atoms with van der Waals surface area (Å²) in [5.41, 5.74) is 2.85. The number of aromatic nitrogens is 1. The highest BCUT2D eigenvalue weighted by molar-refractivity contribution is 7.78. The number of fused-ring (bicyclic) bond motifs is 1. The average Bonchev–Trinajstić information content (AvgIpc) is 2.92. The molecule has 104 valence electrons. The van der Waals surface area contributed by atoms with E-state index in [1.807, 2.05) is 49.4 Å². The number of hydrogen-bond donors (Lipinski definition) is 0. The average molecular weight is 312 g/mol. The molecule has 0 unspecified atom stereocenters. The molecule has 3 rings (SSSR count). The van der Waals surface area contributed by atoms with E-state index in [-0.39, 0.29) is 0 Å². The van der Waals surface area contributed by atoms with E-state index < -0.39 is 0 Å². The first-order valence-corrected chi connectivity index (χ1v) is 7.74. The molecular weight excluding hydrogens is 300 g/mol. The SMILES string of the molecule is CCOc1ccc(-c2nc3ccc(N=C=S)cc3s2)cc1. The molecule has 2 aromatic carbocycles. The van der Waals surface area contributed by atoms with Gasteiger partial charge in [0.15, 0.2) is 0 Å². The van der Waals surface area contributed by atoms with E-state index in [2.05, 4.69) is 27.4 Å². The zero-order valence-corrected chi connectivity index (χ0v) is 13.0. The largest absolute Gasteiger partial charge is 0.494 e. The molecule has 0 saturated heterocycles. The highest BCUT2D eigenvalue weighted by atomic mass is 32.1. The molecular formula is C16H12N2OS2. The maximum absolute atomic E-state index is 5.45. The van der Waals surface area contributed by atoms with Gasteiger partial charge in [-0.25, -0.2) is 4.98 Å². The zero-order valence-electron chi connectivity index (χ0n) is 11.4. The van der Waals surface area contributed by atoms with Gasteiger partial charge in [-0.15, -0.1) is 11.3 Å². The van der Waals surface area contributed by atoms with Crippen LogP contribution in [0, 0.1) is 0 Å². The molecule has 1 heterocycles. The summed E-state index contributed by atoms with van der Waals surface area (Å²) < 4.78 is 6.54. The fraction of sp³-hybridized carbons (Fsp3) is 0.125. The number of rotatable bonds is 4. The van der Waals surface area contributed by atoms with E-state index in [1.54, 1.807) is 11.3 Å². The van der Waals surface area contributed by atoms with Crippen molar-refractivity contribution in [3.8, 4) is 16.3 Å². The molecule has 0 bridgehead atoms. The monoisotopic (exact) mass is 312 g/mol. The van der Waals surface area contributed by atoms with Crippen molar-refractivity contribution in [2.45, 2.75) is 6.92 Å². The van der Waals surface area contributed by atoms with Crippen molar-refractivity contribution in [3.63, 3.8) is 0 Å². The number of thiocarbonyl (C=S) groups is 1. The van der Waals surface area contributed by atoms with Crippen molar-refractivity contribution in [1.29, 1.82) is 0 Å². The van der Waals surface area contributed by atoms with E-state index in [0.717, 1.165) is 32.2 Å². The topological polar surface area (TPSA) is 34.5 Å². The molecule has 0 aliphatic heterocycles. The van der Waals surface area contributed by atoms with Gasteiger partial charge in [-0.2, -0.15) is 4.99 Å². The molecule has 0 radical (unpaired) electrons. The maximum atomic E-state index is 5.45. The number of nitrogens with zero attached hydrogens (tertiary/aromatic N) is 2. The van der Waals surface area contributed by atoms with Gasteiger partial charge in [0, 0.05) is 5.56 Å². The van der Waals surface area contributed by atoms with Crippen LogP contribution in [0.2, 0.25) is 0 Å². The smallest absolute Gasteiger partial charge is 0.124 e. The first-order valence-electron chi connectivity index (χ1n) is 6.52. The van der Waals surface area contributed by atoms with Crippen molar-refractivity contribution in [2.24, 2.45) is 4.99 Å². The summed E-state index contributed by atoms with van der Waals surface area (Å²) in [4.78, 5) is 8.65. The van der Waals surface area contributed by atoms with Gasteiger partial charge in [0.05, 0.1) is 27.7 Å². The molecule has 0 atom stereocenters. The summed E-state index contributed by atoms with van der Waals surface area (Å²) in [6.07, 6.45) is 0. The van der Waals surface area contributed by atoms with Crippen LogP contribution in [0.15, 0.2) is 47.5 Å². The van der Waals surface area contributed by atoms with Gasteiger partial charge >= 0.3 is 0 Å². The van der Waals surface area contributed by atoms with Crippen molar-refractivity contribution < 1.29 is 4.74 Å². The van der Waals surface area contributed by atoms with Gasteiger partial charge < -0.3 is 4.74 Å². The predicted molar refractivity (Wildman–Crippen MR) is 90.9 cm³/mol. The Labute approximate surface area is 131 Å². The summed E-state index contributed by atoms with van der Waals surface area (Å²) in [7, 11) is 0. The predicted octanol–water partition coefficient (Wildman–Crippen LogP) is 5.10. The highest BCUT2D eigenvalue weighted by Crippen LogP contribution is 2.33. The fourth-order valence-corrected chi connectivity index (χ4v) is 3.13. The second kappa shape index (κ2) is 6.14. The maximum Gasteiger partial charge on any atom is 0.124 e. The minimum Gasteiger partial charge on any atom is -0.494 e. The zero-order chi connectivity index (χ0) is 14.7. The van der Waals surface area contributed by atoms with Crippen molar-refractivity contribution in [3.05, 3.63) is 42.5 Å². The van der Waals surface area contributed by atoms with Crippen LogP contribution in [0.1, 0.15) is 6.92 Å². The van der Waals surface area contributed by atoms with E-state index in [4.69, 9.17) is 4.74 Å². The molecule has 3 nitrogen and oxygen atoms in total. The van der Waals surface area contributed by atoms with Gasteiger partial charge in [-0.1, -0.05) is 0 Å². The summed E-state index contributed by atoms with van der Waals surface area (Å²) in [5, 5.41) is 3.37. The Kier molecular flexibility index (Phi) is 4.06. The Morgan fingerprint density at radius 1 is 1.24 bits per heavy atom. The van der Waals surface area contributed by atoms with Crippen LogP contribution < -0.4 is 4.74 Å². The quantitative estimate of drug-likeness (QED) is 0.497. The molecule has 0 saturated carbocycles. The van der Waals surface area contributed by atoms with Crippen LogP contribution in [0.3, 0.4) is 0 Å². The number of isothiocyanates is 1. The minimum atomic E-state index is 0.670. The number of ether oxygens (including phenoxy) is 1. The molecule has 0 spiro atoms. The lowest BCUT2D eigenvalue weighted by Gasteiger charge is -2.02. The first-order chi connectivity index (χ1) is 10.3. The van der Waals surface area contributed by atoms with Gasteiger partial charge in [0.25, 0.3) is 0 Å². The molecule has 1 aromatic heterocycles. The van der Waals surface area contributed by atoms with Gasteiger partial charge in [0.2, 0.25) is 0 Å². The van der Waals surface area contributed by atoms with Crippen LogP contribution in [-0.4, -0.2) is 16.8 Å². The number of aliphatic imine (C=N–C) groups is 1. The Balaban J connectivity index is 1.98. The molecule has 0 fully saturated rings. The second-order valence-corrected chi connectivity index (χ2v) is 5.54. The Morgan fingerprint density at radius 3 is 2.76 bits per heavy atom. The second-order valence-electron chi connectivity index (χ2n) is 4.33. The van der Waals surface area contributed by atoms with Crippen LogP contribution in [0.4, 0.5) is 5.69 Å². The van der Waals surface area contributed by atoms with E-state index >= 15 is 0 Å². The summed E-state index contributed by atoms with van der Waals surface area (Å²) in [6, 6.07) is 13.8. The third-order valence-corrected chi connectivity index (χ3v) is 4.12. The molecule has 0 N–H and O–H groups in total. The summed E-state index contributed by atoms with van der Waals surface area (Å²) >= 11 is 6.27. The standard InChI is InChI=1S/C16H12N2OS2/c1-2-19-13-6-3-11(4-7-13)16-18-14-8-5-12(17-10-20)9-15(14)21-16/h3-9H,2H2,1H3. The first kappa shape index (κ1) is 13.9. The van der Waals surface area contributed by atoms with Crippen LogP contribution >= 0.6 is 23.6 Å². The summed E-state index contributed by atoms with van der Waals surface area (Å²) in [5.74, 6) is 0.875. The Morgan fingerprint density at radius 2 is 2.05 bits per heavy atom. The van der Waals surface area contributed by atoms with Gasteiger partial charge in [-0.3, -0.25) is 0 Å². The van der Waals surface area contributed by atoms with E-state index in [9.17, 15) is 0 Å². The Bertz CT molecular complexity index is 818. The minimum absolute atomic E-state index is 0.670. The lowest BCUT2D eigenvalue weighted by atomic mass is 10.2. The van der Waals surface area contributed by atoms with Crippen molar-refractivity contribution in [1.82, 2.24) is 4.98 Å². The van der Waals surface area contributed by atoms with Crippen LogP contribution in [-0.2, 0) is 0 Å². The highest BCUT2D eigenvalue weighted by Gasteiger charge is 2.07. The number of benzene rings is 2. The molecule has 5 heteroatoms. The third kappa shape index (κ3) is 3.00. The number of thiazole rings is 1. The molecule has 0 aliphatic rings. The van der Waals surface area contributed by atoms with Gasteiger partial charge in [-0.05, 0) is 61.6 Å². The van der Waals surface area contributed by atoms with Gasteiger partial charge in [0.1, 0.15) is 10.8 Å². The Hall–Kier alpha value is -2.07. The third-order valence-electron chi connectivity index (χ3n) is 2.96. The fourth-order valence-electron chi connectivity index (χ4n) is 2.02. The van der Waals surface area contributed by atoms with Crippen molar-refractivity contribution >= 4 is 44.6 Å². The number of hydrogen-bond acceptors (Lipinski definition) is 5. The van der Waals surface area contributed by atoms with E-state index in [0.29, 0.717) is 6.61 Å². The normalized spacial score (nSPS) is 10.3. The van der Waals surface area contributed by atoms with Crippen LogP contribution in [0.25, 0.3) is 20.8 Å². The molecule has 21 heavy (non-hydrogen) atoms. The lowest BCUT2D eigenvalue weighted by molar-refractivity contribution is 0.340. The molecule has 0 amide bonds. The molecule has 3 aromatic rings. The van der Waals surface area contributed by atoms with E-state index in [1.165, 1.54) is 0 Å². The van der Waals surface area contributed by atoms with Crippen molar-refractivity contribution in [2.75, 3.05) is 6.61 Å². The lowest BCUT2D eigenvalue weighted by Crippen LogP contribution is -1.90. The van der Waals surface area contributed by atoms with Crippen LogP contribution in [0.5, 0.6) is 5.75 Å². The molecule has 0 aliphatic carbocycles. The summed E-state index contributed by atoms with van der Waals surface area (Å²) in [6.45, 7) is 2.64.